The maximum Gasteiger partial charge on any atom is 0.251 e. The molecule has 1 saturated carbocycles. The molecule has 6 heteroatoms. The number of amides is 3. The highest BCUT2D eigenvalue weighted by atomic mass is 16.2. The molecule has 1 aliphatic carbocycles. The molecule has 2 fully saturated rings. The van der Waals surface area contributed by atoms with E-state index in [9.17, 15) is 14.4 Å². The molecule has 0 atom stereocenters. The summed E-state index contributed by atoms with van der Waals surface area (Å²) < 4.78 is 0. The topological polar surface area (TPSA) is 78.5 Å². The maximum absolute atomic E-state index is 12.4. The van der Waals surface area contributed by atoms with Crippen LogP contribution in [0.3, 0.4) is 0 Å². The van der Waals surface area contributed by atoms with E-state index in [1.165, 1.54) is 6.42 Å². The minimum atomic E-state index is -0.237. The van der Waals surface area contributed by atoms with Crippen molar-refractivity contribution in [3.05, 3.63) is 35.9 Å². The standard InChI is InChI=1S/C21H29N3O3/c25-19(15-22-20(26)16-7-3-1-4-8-16)24-13-11-18(12-14-24)23-21(27)17-9-5-2-6-10-17/h1,3-4,7-8,17-18H,2,5-6,9-15H2,(H,22,26)(H,23,27). The Balaban J connectivity index is 1.37. The van der Waals surface area contributed by atoms with Crippen LogP contribution in [0.25, 0.3) is 0 Å². The van der Waals surface area contributed by atoms with Gasteiger partial charge in [0, 0.05) is 30.6 Å². The van der Waals surface area contributed by atoms with Crippen LogP contribution >= 0.6 is 0 Å². The Hall–Kier alpha value is -2.37. The van der Waals surface area contributed by atoms with Gasteiger partial charge >= 0.3 is 0 Å². The molecular weight excluding hydrogens is 342 g/mol. The lowest BCUT2D eigenvalue weighted by molar-refractivity contribution is -0.131. The molecule has 0 unspecified atom stereocenters. The molecule has 0 spiro atoms. The van der Waals surface area contributed by atoms with Gasteiger partial charge in [-0.05, 0) is 37.8 Å². The zero-order valence-electron chi connectivity index (χ0n) is 15.8. The Morgan fingerprint density at radius 3 is 2.26 bits per heavy atom. The lowest BCUT2D eigenvalue weighted by Gasteiger charge is -2.33. The zero-order valence-corrected chi connectivity index (χ0v) is 15.8. The Bertz CT molecular complexity index is 648. The monoisotopic (exact) mass is 371 g/mol. The fourth-order valence-corrected chi connectivity index (χ4v) is 3.92. The molecule has 3 rings (SSSR count). The number of nitrogens with one attached hydrogen (secondary N) is 2. The van der Waals surface area contributed by atoms with Gasteiger partial charge in [-0.25, -0.2) is 0 Å². The highest BCUT2D eigenvalue weighted by molar-refractivity contribution is 5.96. The Kier molecular flexibility index (Phi) is 6.85. The maximum atomic E-state index is 12.4. The third-order valence-electron chi connectivity index (χ3n) is 5.61. The number of hydrogen-bond donors (Lipinski definition) is 2. The minimum Gasteiger partial charge on any atom is -0.353 e. The Morgan fingerprint density at radius 1 is 0.926 bits per heavy atom. The van der Waals surface area contributed by atoms with E-state index in [2.05, 4.69) is 10.6 Å². The second-order valence-corrected chi connectivity index (χ2v) is 7.55. The molecule has 2 aliphatic rings. The van der Waals surface area contributed by atoms with Gasteiger partial charge in [-0.3, -0.25) is 14.4 Å². The molecular formula is C21H29N3O3. The van der Waals surface area contributed by atoms with Crippen LogP contribution in [0.2, 0.25) is 0 Å². The van der Waals surface area contributed by atoms with Crippen molar-refractivity contribution in [1.29, 1.82) is 0 Å². The molecule has 1 saturated heterocycles. The van der Waals surface area contributed by atoms with Crippen molar-refractivity contribution in [2.45, 2.75) is 51.0 Å². The predicted octanol–water partition coefficient (Wildman–Crippen LogP) is 2.10. The van der Waals surface area contributed by atoms with Crippen LogP contribution < -0.4 is 10.6 Å². The molecule has 0 radical (unpaired) electrons. The van der Waals surface area contributed by atoms with Gasteiger partial charge in [-0.1, -0.05) is 37.5 Å². The summed E-state index contributed by atoms with van der Waals surface area (Å²) >= 11 is 0. The number of likely N-dealkylation sites (tertiary alicyclic amines) is 1. The number of benzene rings is 1. The van der Waals surface area contributed by atoms with Crippen molar-refractivity contribution in [3.63, 3.8) is 0 Å². The van der Waals surface area contributed by atoms with Crippen LogP contribution in [0, 0.1) is 5.92 Å². The third-order valence-corrected chi connectivity index (χ3v) is 5.61. The summed E-state index contributed by atoms with van der Waals surface area (Å²) in [5.41, 5.74) is 0.550. The van der Waals surface area contributed by atoms with Crippen LogP contribution in [-0.4, -0.2) is 48.3 Å². The summed E-state index contributed by atoms with van der Waals surface area (Å²) in [4.78, 5) is 38.5. The molecule has 146 valence electrons. The Morgan fingerprint density at radius 2 is 1.59 bits per heavy atom. The number of carbonyl (C=O) groups is 3. The average molecular weight is 371 g/mol. The summed E-state index contributed by atoms with van der Waals surface area (Å²) in [5, 5.41) is 5.86. The SMILES string of the molecule is O=C(NCC(=O)N1CCC(NC(=O)C2CCCCC2)CC1)c1ccccc1. The first-order valence-corrected chi connectivity index (χ1v) is 10.0. The van der Waals surface area contributed by atoms with Gasteiger partial charge in [-0.15, -0.1) is 0 Å². The van der Waals surface area contributed by atoms with E-state index in [0.717, 1.165) is 38.5 Å². The van der Waals surface area contributed by atoms with Crippen molar-refractivity contribution < 1.29 is 14.4 Å². The van der Waals surface area contributed by atoms with E-state index in [-0.39, 0.29) is 36.2 Å². The van der Waals surface area contributed by atoms with Gasteiger partial charge in [-0.2, -0.15) is 0 Å². The first kappa shape index (κ1) is 19.4. The zero-order chi connectivity index (χ0) is 19.1. The van der Waals surface area contributed by atoms with Gasteiger partial charge in [0.05, 0.1) is 6.54 Å². The minimum absolute atomic E-state index is 0.00677. The predicted molar refractivity (Wildman–Crippen MR) is 103 cm³/mol. The summed E-state index contributed by atoms with van der Waals surface area (Å²) in [6.07, 6.45) is 7.10. The highest BCUT2D eigenvalue weighted by Gasteiger charge is 2.27. The van der Waals surface area contributed by atoms with Gasteiger partial charge in [0.1, 0.15) is 0 Å². The smallest absolute Gasteiger partial charge is 0.251 e. The summed E-state index contributed by atoms with van der Waals surface area (Å²) in [6, 6.07) is 9.04. The normalized spacial score (nSPS) is 18.7. The lowest BCUT2D eigenvalue weighted by atomic mass is 9.88. The molecule has 0 bridgehead atoms. The van der Waals surface area contributed by atoms with Crippen molar-refractivity contribution in [2.75, 3.05) is 19.6 Å². The molecule has 6 nitrogen and oxygen atoms in total. The molecule has 2 N–H and O–H groups in total. The van der Waals surface area contributed by atoms with Gasteiger partial charge < -0.3 is 15.5 Å². The van der Waals surface area contributed by atoms with E-state index in [1.807, 2.05) is 6.07 Å². The van der Waals surface area contributed by atoms with Gasteiger partial charge in [0.15, 0.2) is 0 Å². The molecule has 3 amide bonds. The molecule has 1 heterocycles. The van der Waals surface area contributed by atoms with Gasteiger partial charge in [0.2, 0.25) is 11.8 Å². The van der Waals surface area contributed by atoms with E-state index in [0.29, 0.717) is 18.7 Å². The second kappa shape index (κ2) is 9.53. The molecule has 1 aromatic carbocycles. The first-order valence-electron chi connectivity index (χ1n) is 10.0. The third kappa shape index (κ3) is 5.55. The Labute approximate surface area is 160 Å². The fourth-order valence-electron chi connectivity index (χ4n) is 3.92. The first-order chi connectivity index (χ1) is 13.1. The number of hydrogen-bond acceptors (Lipinski definition) is 3. The van der Waals surface area contributed by atoms with Crippen molar-refractivity contribution in [3.8, 4) is 0 Å². The quantitative estimate of drug-likeness (QED) is 0.832. The van der Waals surface area contributed by atoms with Crippen LogP contribution in [-0.2, 0) is 9.59 Å². The van der Waals surface area contributed by atoms with Crippen LogP contribution in [0.4, 0.5) is 0 Å². The number of carbonyl (C=O) groups excluding carboxylic acids is 3. The molecule has 1 aromatic rings. The molecule has 0 aromatic heterocycles. The molecule has 27 heavy (non-hydrogen) atoms. The van der Waals surface area contributed by atoms with Crippen LogP contribution in [0.15, 0.2) is 30.3 Å². The van der Waals surface area contributed by atoms with Crippen molar-refractivity contribution >= 4 is 17.7 Å². The van der Waals surface area contributed by atoms with E-state index < -0.39 is 0 Å². The summed E-state index contributed by atoms with van der Waals surface area (Å²) in [7, 11) is 0. The summed E-state index contributed by atoms with van der Waals surface area (Å²) in [6.45, 7) is 1.25. The summed E-state index contributed by atoms with van der Waals surface area (Å²) in [5.74, 6) is 0.0520. The lowest BCUT2D eigenvalue weighted by Crippen LogP contribution is -2.50. The number of nitrogens with zero attached hydrogens (tertiary/aromatic N) is 1. The van der Waals surface area contributed by atoms with Crippen LogP contribution in [0.1, 0.15) is 55.3 Å². The number of rotatable bonds is 5. The van der Waals surface area contributed by atoms with E-state index in [4.69, 9.17) is 0 Å². The second-order valence-electron chi connectivity index (χ2n) is 7.55. The van der Waals surface area contributed by atoms with Crippen molar-refractivity contribution in [2.24, 2.45) is 5.92 Å². The van der Waals surface area contributed by atoms with E-state index >= 15 is 0 Å². The average Bonchev–Trinajstić information content (AvgIpc) is 2.73. The van der Waals surface area contributed by atoms with Crippen molar-refractivity contribution in [1.82, 2.24) is 15.5 Å². The number of piperidine rings is 1. The largest absolute Gasteiger partial charge is 0.353 e. The van der Waals surface area contributed by atoms with Crippen LogP contribution in [0.5, 0.6) is 0 Å². The van der Waals surface area contributed by atoms with Gasteiger partial charge in [0.25, 0.3) is 5.91 Å². The fraction of sp³-hybridized carbons (Fsp3) is 0.571. The molecule has 1 aliphatic heterocycles. The van der Waals surface area contributed by atoms with E-state index in [1.54, 1.807) is 29.2 Å². The highest BCUT2D eigenvalue weighted by Crippen LogP contribution is 2.24.